The van der Waals surface area contributed by atoms with Gasteiger partial charge in [-0.2, -0.15) is 0 Å². The van der Waals surface area contributed by atoms with E-state index >= 15 is 0 Å². The molecule has 1 saturated heterocycles. The fourth-order valence-electron chi connectivity index (χ4n) is 5.26. The SMILES string of the molecule is NC(=O)c1cnccc1Oc1ccc2c(c1)CCCC2N1CCC(c2ccccc2)CC1. The number of hydrogen-bond acceptors (Lipinski definition) is 4. The van der Waals surface area contributed by atoms with Crippen molar-refractivity contribution in [2.24, 2.45) is 5.73 Å². The first kappa shape index (κ1) is 20.7. The minimum absolute atomic E-state index is 0.296. The maximum absolute atomic E-state index is 11.7. The fourth-order valence-corrected chi connectivity index (χ4v) is 5.26. The number of carbonyl (C=O) groups is 1. The van der Waals surface area contributed by atoms with Gasteiger partial charge in [-0.1, -0.05) is 36.4 Å². The van der Waals surface area contributed by atoms with E-state index in [4.69, 9.17) is 10.5 Å². The third-order valence-electron chi connectivity index (χ3n) is 6.91. The van der Waals surface area contributed by atoms with Gasteiger partial charge >= 0.3 is 0 Å². The van der Waals surface area contributed by atoms with Gasteiger partial charge in [0.1, 0.15) is 17.1 Å². The van der Waals surface area contributed by atoms with Crippen LogP contribution in [0.4, 0.5) is 0 Å². The molecule has 1 aromatic heterocycles. The van der Waals surface area contributed by atoms with Crippen LogP contribution in [0.3, 0.4) is 0 Å². The summed E-state index contributed by atoms with van der Waals surface area (Å²) in [5.74, 6) is 1.32. The molecule has 2 N–H and O–H groups in total. The summed E-state index contributed by atoms with van der Waals surface area (Å²) in [5.41, 5.74) is 10.0. The Morgan fingerprint density at radius 2 is 1.84 bits per heavy atom. The monoisotopic (exact) mass is 427 g/mol. The standard InChI is InChI=1S/C27H29N3O2/c28-27(31)24-18-29-14-11-26(24)32-22-9-10-23-21(17-22)7-4-8-25(23)30-15-12-20(13-16-30)19-5-2-1-3-6-19/h1-3,5-6,9-11,14,17-18,20,25H,4,7-8,12-13,15-16H2,(H2,28,31). The number of rotatable bonds is 5. The highest BCUT2D eigenvalue weighted by Crippen LogP contribution is 2.40. The second-order valence-corrected chi connectivity index (χ2v) is 8.83. The van der Waals surface area contributed by atoms with Crippen molar-refractivity contribution >= 4 is 5.91 Å². The number of benzene rings is 2. The number of likely N-dealkylation sites (tertiary alicyclic amines) is 1. The summed E-state index contributed by atoms with van der Waals surface area (Å²) in [5, 5.41) is 0. The molecule has 0 radical (unpaired) electrons. The zero-order chi connectivity index (χ0) is 21.9. The van der Waals surface area contributed by atoms with Gasteiger partial charge in [-0.3, -0.25) is 14.7 Å². The summed E-state index contributed by atoms with van der Waals surface area (Å²) < 4.78 is 6.03. The molecule has 0 saturated carbocycles. The fraction of sp³-hybridized carbons (Fsp3) is 0.333. The molecular weight excluding hydrogens is 398 g/mol. The minimum Gasteiger partial charge on any atom is -0.456 e. The molecule has 3 aromatic rings. The van der Waals surface area contributed by atoms with E-state index in [0.717, 1.165) is 25.3 Å². The summed E-state index contributed by atoms with van der Waals surface area (Å²) in [7, 11) is 0. The predicted molar refractivity (Wildman–Crippen MR) is 125 cm³/mol. The molecule has 0 spiro atoms. The Labute approximate surface area is 189 Å². The van der Waals surface area contributed by atoms with E-state index in [1.165, 1.54) is 48.6 Å². The Bertz CT molecular complexity index is 1090. The minimum atomic E-state index is -0.537. The van der Waals surface area contributed by atoms with Crippen LogP contribution in [0.5, 0.6) is 11.5 Å². The lowest BCUT2D eigenvalue weighted by atomic mass is 9.83. The maximum Gasteiger partial charge on any atom is 0.254 e. The third kappa shape index (κ3) is 4.26. The number of piperidine rings is 1. The number of amides is 1. The molecule has 1 amide bonds. The van der Waals surface area contributed by atoms with Gasteiger partial charge in [0, 0.05) is 18.4 Å². The Kier molecular flexibility index (Phi) is 5.91. The molecule has 1 fully saturated rings. The number of primary amides is 1. The number of pyridine rings is 1. The molecule has 0 bridgehead atoms. The van der Waals surface area contributed by atoms with E-state index in [1.807, 2.05) is 6.07 Å². The van der Waals surface area contributed by atoms with Crippen LogP contribution in [0.15, 0.2) is 67.0 Å². The van der Waals surface area contributed by atoms with E-state index in [-0.39, 0.29) is 0 Å². The van der Waals surface area contributed by atoms with Crippen LogP contribution in [-0.2, 0) is 6.42 Å². The molecule has 5 rings (SSSR count). The average molecular weight is 428 g/mol. The number of aromatic nitrogens is 1. The highest BCUT2D eigenvalue weighted by molar-refractivity contribution is 5.95. The van der Waals surface area contributed by atoms with Gasteiger partial charge in [0.2, 0.25) is 0 Å². The molecule has 1 aliphatic carbocycles. The Hall–Kier alpha value is -3.18. The molecule has 1 unspecified atom stereocenters. The summed E-state index contributed by atoms with van der Waals surface area (Å²) in [6, 6.07) is 19.4. The van der Waals surface area contributed by atoms with Crippen molar-refractivity contribution in [1.82, 2.24) is 9.88 Å². The smallest absolute Gasteiger partial charge is 0.254 e. The molecule has 2 aliphatic rings. The van der Waals surface area contributed by atoms with Crippen molar-refractivity contribution in [2.45, 2.75) is 44.1 Å². The van der Waals surface area contributed by atoms with Crippen LogP contribution in [-0.4, -0.2) is 28.9 Å². The summed E-state index contributed by atoms with van der Waals surface area (Å²) >= 11 is 0. The van der Waals surface area contributed by atoms with Crippen LogP contribution in [0.2, 0.25) is 0 Å². The van der Waals surface area contributed by atoms with Gasteiger partial charge < -0.3 is 10.5 Å². The maximum atomic E-state index is 11.7. The third-order valence-corrected chi connectivity index (χ3v) is 6.91. The molecule has 2 heterocycles. The second kappa shape index (κ2) is 9.13. The largest absolute Gasteiger partial charge is 0.456 e. The zero-order valence-corrected chi connectivity index (χ0v) is 18.2. The van der Waals surface area contributed by atoms with Crippen LogP contribution in [0.25, 0.3) is 0 Å². The van der Waals surface area contributed by atoms with Gasteiger partial charge in [0.05, 0.1) is 0 Å². The van der Waals surface area contributed by atoms with Crippen LogP contribution in [0.1, 0.15) is 64.7 Å². The lowest BCUT2D eigenvalue weighted by molar-refractivity contribution is 0.0997. The Balaban J connectivity index is 1.30. The van der Waals surface area contributed by atoms with Crippen molar-refractivity contribution in [3.8, 4) is 11.5 Å². The average Bonchev–Trinajstić information content (AvgIpc) is 2.84. The van der Waals surface area contributed by atoms with E-state index in [9.17, 15) is 4.79 Å². The first-order valence-electron chi connectivity index (χ1n) is 11.5. The van der Waals surface area contributed by atoms with Crippen molar-refractivity contribution in [2.75, 3.05) is 13.1 Å². The van der Waals surface area contributed by atoms with Crippen molar-refractivity contribution in [3.05, 3.63) is 89.2 Å². The van der Waals surface area contributed by atoms with Gasteiger partial charge in [-0.25, -0.2) is 0 Å². The van der Waals surface area contributed by atoms with E-state index in [2.05, 4.69) is 52.3 Å². The van der Waals surface area contributed by atoms with E-state index < -0.39 is 5.91 Å². The van der Waals surface area contributed by atoms with Crippen molar-refractivity contribution in [1.29, 1.82) is 0 Å². The number of ether oxygens (including phenoxy) is 1. The van der Waals surface area contributed by atoms with Crippen LogP contribution in [0, 0.1) is 0 Å². The van der Waals surface area contributed by atoms with Gasteiger partial charge in [0.25, 0.3) is 5.91 Å². The Morgan fingerprint density at radius 3 is 2.62 bits per heavy atom. The normalized spacial score (nSPS) is 19.3. The molecule has 1 atom stereocenters. The number of aryl methyl sites for hydroxylation is 1. The zero-order valence-electron chi connectivity index (χ0n) is 18.2. The number of nitrogens with zero attached hydrogens (tertiary/aromatic N) is 2. The lowest BCUT2D eigenvalue weighted by Gasteiger charge is -2.40. The first-order valence-corrected chi connectivity index (χ1v) is 11.5. The van der Waals surface area contributed by atoms with Crippen LogP contribution < -0.4 is 10.5 Å². The summed E-state index contributed by atoms with van der Waals surface area (Å²) in [6.07, 6.45) is 8.94. The number of hydrogen-bond donors (Lipinski definition) is 1. The molecule has 32 heavy (non-hydrogen) atoms. The topological polar surface area (TPSA) is 68.5 Å². The predicted octanol–water partition coefficient (Wildman–Crippen LogP) is 5.23. The number of carbonyl (C=O) groups excluding carboxylic acids is 1. The molecule has 5 nitrogen and oxygen atoms in total. The second-order valence-electron chi connectivity index (χ2n) is 8.83. The summed E-state index contributed by atoms with van der Waals surface area (Å²) in [6.45, 7) is 2.28. The first-order chi connectivity index (χ1) is 15.7. The van der Waals surface area contributed by atoms with Gasteiger partial charge in [-0.05, 0) is 86.0 Å². The summed E-state index contributed by atoms with van der Waals surface area (Å²) in [4.78, 5) is 18.3. The molecule has 164 valence electrons. The highest BCUT2D eigenvalue weighted by Gasteiger charge is 2.30. The van der Waals surface area contributed by atoms with E-state index in [0.29, 0.717) is 23.3 Å². The lowest BCUT2D eigenvalue weighted by Crippen LogP contribution is -2.37. The Morgan fingerprint density at radius 1 is 1.03 bits per heavy atom. The van der Waals surface area contributed by atoms with Gasteiger partial charge in [-0.15, -0.1) is 0 Å². The van der Waals surface area contributed by atoms with Gasteiger partial charge in [0.15, 0.2) is 0 Å². The van der Waals surface area contributed by atoms with Crippen molar-refractivity contribution in [3.63, 3.8) is 0 Å². The molecule has 5 heteroatoms. The van der Waals surface area contributed by atoms with Crippen LogP contribution >= 0.6 is 0 Å². The number of nitrogens with two attached hydrogens (primary N) is 1. The molecular formula is C27H29N3O2. The van der Waals surface area contributed by atoms with E-state index in [1.54, 1.807) is 12.3 Å². The quantitative estimate of drug-likeness (QED) is 0.605. The highest BCUT2D eigenvalue weighted by atomic mass is 16.5. The number of fused-ring (bicyclic) bond motifs is 1. The molecule has 1 aliphatic heterocycles. The molecule has 2 aromatic carbocycles. The van der Waals surface area contributed by atoms with Crippen molar-refractivity contribution < 1.29 is 9.53 Å².